The number of carbonyl (C=O) groups excluding carboxylic acids is 2. The number of benzene rings is 2. The van der Waals surface area contributed by atoms with Gasteiger partial charge in [-0.2, -0.15) is 0 Å². The van der Waals surface area contributed by atoms with Crippen LogP contribution in [0.25, 0.3) is 0 Å². The summed E-state index contributed by atoms with van der Waals surface area (Å²) in [5, 5.41) is 10.6. The number of urea groups is 1. The first-order chi connectivity index (χ1) is 14.3. The molecule has 10 heteroatoms. The van der Waals surface area contributed by atoms with Crippen molar-refractivity contribution in [2.45, 2.75) is 23.8 Å². The smallest absolute Gasteiger partial charge is 0.315 e. The second-order valence-corrected chi connectivity index (χ2v) is 8.51. The molecule has 1 aliphatic rings. The predicted octanol–water partition coefficient (Wildman–Crippen LogP) is 0.990. The molecule has 0 spiro atoms. The third kappa shape index (κ3) is 5.49. The fourth-order valence-electron chi connectivity index (χ4n) is 3.23. The Kier molecular flexibility index (Phi) is 6.58. The highest BCUT2D eigenvalue weighted by molar-refractivity contribution is 7.89. The predicted molar refractivity (Wildman–Crippen MR) is 112 cm³/mol. The Morgan fingerprint density at radius 1 is 1.23 bits per heavy atom. The molecule has 1 unspecified atom stereocenters. The highest BCUT2D eigenvalue weighted by atomic mass is 32.2. The van der Waals surface area contributed by atoms with Gasteiger partial charge < -0.3 is 20.3 Å². The van der Waals surface area contributed by atoms with Crippen molar-refractivity contribution in [1.82, 2.24) is 10.6 Å². The van der Waals surface area contributed by atoms with E-state index in [1.807, 2.05) is 12.1 Å². The lowest BCUT2D eigenvalue weighted by atomic mass is 10.1. The van der Waals surface area contributed by atoms with E-state index in [4.69, 9.17) is 9.88 Å². The highest BCUT2D eigenvalue weighted by Crippen LogP contribution is 2.25. The molecule has 0 aromatic heterocycles. The Bertz CT molecular complexity index is 1020. The average molecular weight is 433 g/mol. The summed E-state index contributed by atoms with van der Waals surface area (Å²) in [7, 11) is -2.15. The van der Waals surface area contributed by atoms with Gasteiger partial charge in [0.25, 0.3) is 0 Å². The number of anilines is 1. The molecular weight excluding hydrogens is 408 g/mol. The third-order valence-corrected chi connectivity index (χ3v) is 5.71. The average Bonchev–Trinajstić information content (AvgIpc) is 3.07. The summed E-state index contributed by atoms with van der Waals surface area (Å²) in [6.07, 6.45) is 0.748. The summed E-state index contributed by atoms with van der Waals surface area (Å²) in [6.45, 7) is 0.745. The van der Waals surface area contributed by atoms with Crippen molar-refractivity contribution in [3.8, 4) is 5.75 Å². The molecule has 1 heterocycles. The molecule has 0 saturated carbocycles. The number of nitrogens with one attached hydrogen (secondary N) is 2. The van der Waals surface area contributed by atoms with E-state index >= 15 is 0 Å². The maximum absolute atomic E-state index is 12.3. The number of ether oxygens (including phenoxy) is 1. The zero-order chi connectivity index (χ0) is 21.7. The van der Waals surface area contributed by atoms with Crippen molar-refractivity contribution in [1.29, 1.82) is 0 Å². The van der Waals surface area contributed by atoms with Gasteiger partial charge in [0.2, 0.25) is 15.9 Å². The maximum atomic E-state index is 12.3. The molecule has 1 aliphatic heterocycles. The molecular formula is C20H24N4O5S. The molecule has 0 radical (unpaired) electrons. The number of nitrogens with zero attached hydrogens (tertiary/aromatic N) is 1. The summed E-state index contributed by atoms with van der Waals surface area (Å²) in [4.78, 5) is 26.2. The third-order valence-electron chi connectivity index (χ3n) is 4.78. The van der Waals surface area contributed by atoms with Crippen molar-refractivity contribution in [2.24, 2.45) is 5.14 Å². The van der Waals surface area contributed by atoms with Crippen LogP contribution in [-0.2, 0) is 21.2 Å². The van der Waals surface area contributed by atoms with Crippen LogP contribution in [-0.4, -0.2) is 46.6 Å². The van der Waals surface area contributed by atoms with Gasteiger partial charge in [0.15, 0.2) is 0 Å². The fraction of sp³-hybridized carbons (Fsp3) is 0.300. The van der Waals surface area contributed by atoms with E-state index < -0.39 is 10.0 Å². The van der Waals surface area contributed by atoms with Crippen LogP contribution >= 0.6 is 0 Å². The first-order valence-corrected chi connectivity index (χ1v) is 10.9. The van der Waals surface area contributed by atoms with E-state index in [9.17, 15) is 18.0 Å². The normalized spacial score (nSPS) is 16.4. The zero-order valence-corrected chi connectivity index (χ0v) is 17.3. The molecule has 2 aromatic rings. The number of methoxy groups -OCH3 is 1. The van der Waals surface area contributed by atoms with Crippen LogP contribution in [0.5, 0.6) is 5.75 Å². The van der Waals surface area contributed by atoms with E-state index in [1.165, 1.54) is 12.1 Å². The standard InChI is InChI=1S/C20H24N4O5S/c1-29-17-4-2-3-16(12-17)24-13-15(11-19(24)25)23-20(26)22-10-9-14-5-7-18(8-6-14)30(21,27)28/h2-8,12,15H,9-11,13H2,1H3,(H2,21,27,28)(H2,22,23,26). The molecule has 0 aliphatic carbocycles. The monoisotopic (exact) mass is 432 g/mol. The fourth-order valence-corrected chi connectivity index (χ4v) is 3.75. The number of amides is 3. The molecule has 1 atom stereocenters. The number of hydrogen-bond acceptors (Lipinski definition) is 5. The topological polar surface area (TPSA) is 131 Å². The molecule has 4 N–H and O–H groups in total. The van der Waals surface area contributed by atoms with Gasteiger partial charge in [0, 0.05) is 31.3 Å². The second kappa shape index (κ2) is 9.14. The summed E-state index contributed by atoms with van der Waals surface area (Å²) in [5.74, 6) is 0.593. The SMILES string of the molecule is COc1cccc(N2CC(NC(=O)NCCc3ccc(S(N)(=O)=O)cc3)CC2=O)c1. The van der Waals surface area contributed by atoms with Crippen LogP contribution in [0.2, 0.25) is 0 Å². The van der Waals surface area contributed by atoms with Gasteiger partial charge in [-0.05, 0) is 36.2 Å². The van der Waals surface area contributed by atoms with Crippen molar-refractivity contribution in [2.75, 3.05) is 25.1 Å². The number of hydrogen-bond donors (Lipinski definition) is 3. The largest absolute Gasteiger partial charge is 0.497 e. The zero-order valence-electron chi connectivity index (χ0n) is 16.5. The first-order valence-electron chi connectivity index (χ1n) is 9.37. The van der Waals surface area contributed by atoms with Gasteiger partial charge >= 0.3 is 6.03 Å². The van der Waals surface area contributed by atoms with Crippen LogP contribution in [0, 0.1) is 0 Å². The van der Waals surface area contributed by atoms with E-state index in [-0.39, 0.29) is 29.3 Å². The second-order valence-electron chi connectivity index (χ2n) is 6.95. The number of primary sulfonamides is 1. The quantitative estimate of drug-likeness (QED) is 0.601. The van der Waals surface area contributed by atoms with Crippen molar-refractivity contribution in [3.05, 3.63) is 54.1 Å². The van der Waals surface area contributed by atoms with Crippen molar-refractivity contribution in [3.63, 3.8) is 0 Å². The number of rotatable bonds is 7. The van der Waals surface area contributed by atoms with Gasteiger partial charge in [-0.15, -0.1) is 0 Å². The van der Waals surface area contributed by atoms with Crippen molar-refractivity contribution >= 4 is 27.6 Å². The van der Waals surface area contributed by atoms with E-state index in [0.29, 0.717) is 25.3 Å². The van der Waals surface area contributed by atoms with Gasteiger partial charge in [-0.25, -0.2) is 18.4 Å². The number of carbonyl (C=O) groups is 2. The van der Waals surface area contributed by atoms with Gasteiger partial charge in [0.1, 0.15) is 5.75 Å². The summed E-state index contributed by atoms with van der Waals surface area (Å²) >= 11 is 0. The van der Waals surface area contributed by atoms with Gasteiger partial charge in [0.05, 0.1) is 18.0 Å². The lowest BCUT2D eigenvalue weighted by Gasteiger charge is -2.18. The van der Waals surface area contributed by atoms with E-state index in [1.54, 1.807) is 36.3 Å². The van der Waals surface area contributed by atoms with Crippen LogP contribution in [0.4, 0.5) is 10.5 Å². The number of nitrogens with two attached hydrogens (primary N) is 1. The Morgan fingerprint density at radius 2 is 1.97 bits per heavy atom. The number of sulfonamides is 1. The van der Waals surface area contributed by atoms with Crippen LogP contribution in [0.3, 0.4) is 0 Å². The lowest BCUT2D eigenvalue weighted by Crippen LogP contribution is -2.43. The molecule has 30 heavy (non-hydrogen) atoms. The summed E-state index contributed by atoms with van der Waals surface area (Å²) in [6, 6.07) is 12.7. The molecule has 1 saturated heterocycles. The molecule has 2 aromatic carbocycles. The minimum Gasteiger partial charge on any atom is -0.497 e. The first kappa shape index (κ1) is 21.6. The summed E-state index contributed by atoms with van der Waals surface area (Å²) in [5.41, 5.74) is 1.59. The minimum absolute atomic E-state index is 0.0449. The van der Waals surface area contributed by atoms with Crippen molar-refractivity contribution < 1.29 is 22.7 Å². The van der Waals surface area contributed by atoms with E-state index in [2.05, 4.69) is 10.6 Å². The Labute approximate surface area is 175 Å². The molecule has 1 fully saturated rings. The molecule has 3 amide bonds. The molecule has 9 nitrogen and oxygen atoms in total. The Morgan fingerprint density at radius 3 is 2.63 bits per heavy atom. The Balaban J connectivity index is 1.46. The molecule has 160 valence electrons. The summed E-state index contributed by atoms with van der Waals surface area (Å²) < 4.78 is 27.7. The van der Waals surface area contributed by atoms with Gasteiger partial charge in [-0.1, -0.05) is 18.2 Å². The van der Waals surface area contributed by atoms with Crippen LogP contribution in [0.1, 0.15) is 12.0 Å². The highest BCUT2D eigenvalue weighted by Gasteiger charge is 2.31. The van der Waals surface area contributed by atoms with Gasteiger partial charge in [-0.3, -0.25) is 4.79 Å². The van der Waals surface area contributed by atoms with E-state index in [0.717, 1.165) is 11.3 Å². The Hall–Kier alpha value is -3.11. The maximum Gasteiger partial charge on any atom is 0.315 e. The molecule has 0 bridgehead atoms. The molecule has 3 rings (SSSR count). The lowest BCUT2D eigenvalue weighted by molar-refractivity contribution is -0.117. The van der Waals surface area contributed by atoms with Crippen LogP contribution in [0.15, 0.2) is 53.4 Å². The van der Waals surface area contributed by atoms with Crippen LogP contribution < -0.4 is 25.4 Å². The minimum atomic E-state index is -3.72.